The van der Waals surface area contributed by atoms with Gasteiger partial charge in [0.15, 0.2) is 6.54 Å². The molecule has 2 N–H and O–H groups in total. The van der Waals surface area contributed by atoms with E-state index < -0.39 is 17.2 Å². The third-order valence-corrected chi connectivity index (χ3v) is 4.22. The van der Waals surface area contributed by atoms with Crippen LogP contribution in [0.25, 0.3) is 11.2 Å². The molecule has 0 spiro atoms. The Labute approximate surface area is 153 Å². The lowest BCUT2D eigenvalue weighted by Crippen LogP contribution is -2.46. The Balaban J connectivity index is 1.83. The summed E-state index contributed by atoms with van der Waals surface area (Å²) in [5, 5.41) is 15.1. The molecule has 0 fully saturated rings. The molecule has 0 unspecified atom stereocenters. The van der Waals surface area contributed by atoms with E-state index in [1.165, 1.54) is 41.7 Å². The molecule has 27 heavy (non-hydrogen) atoms. The topological polar surface area (TPSA) is 128 Å². The molecular weight excluding hydrogens is 352 g/mol. The summed E-state index contributed by atoms with van der Waals surface area (Å²) in [5.41, 5.74) is 3.23. The number of nitrogens with zero attached hydrogens (tertiary/aromatic N) is 4. The second kappa shape index (κ2) is 6.90. The molecule has 0 radical (unpaired) electrons. The van der Waals surface area contributed by atoms with Crippen molar-refractivity contribution in [1.29, 1.82) is 0 Å². The lowest BCUT2D eigenvalue weighted by Gasteiger charge is -2.06. The molecule has 3 aromatic rings. The Bertz CT molecular complexity index is 1170. The van der Waals surface area contributed by atoms with Gasteiger partial charge in [-0.15, -0.1) is 5.75 Å². The molecule has 10 heteroatoms. The highest BCUT2D eigenvalue weighted by atomic mass is 16.3. The van der Waals surface area contributed by atoms with E-state index in [-0.39, 0.29) is 17.8 Å². The molecule has 0 saturated heterocycles. The number of aromatic nitrogens is 4. The standard InChI is InChI=1S/C17H18N6O4/c1-10(11-4-6-12(24)7-5-11)19-20-13(25)8-23-9-18-15-14(23)16(26)22(3)17(27)21(15)2/h4-7,9H,8H2,1-3H3,(H2,19,20,24,25). The number of hydrogen-bond donors (Lipinski definition) is 2. The van der Waals surface area contributed by atoms with Crippen LogP contribution in [0.5, 0.6) is 5.75 Å². The molecule has 2 aromatic heterocycles. The lowest BCUT2D eigenvalue weighted by atomic mass is 10.1. The van der Waals surface area contributed by atoms with Crippen LogP contribution in [0.1, 0.15) is 12.5 Å². The van der Waals surface area contributed by atoms with Gasteiger partial charge in [-0.25, -0.2) is 19.8 Å². The molecule has 1 amide bonds. The molecule has 3 rings (SSSR count). The Morgan fingerprint density at radius 3 is 2.56 bits per heavy atom. The van der Waals surface area contributed by atoms with Gasteiger partial charge in [-0.3, -0.25) is 18.7 Å². The fraction of sp³-hybridized carbons (Fsp3) is 0.235. The summed E-state index contributed by atoms with van der Waals surface area (Å²) in [7, 11) is 2.91. The Hall–Kier alpha value is -3.69. The van der Waals surface area contributed by atoms with Crippen molar-refractivity contribution in [2.75, 3.05) is 0 Å². The first-order valence-corrected chi connectivity index (χ1v) is 8.06. The minimum absolute atomic E-state index is 0.109. The maximum Gasteiger partial charge on any atom is 0.333 e. The van der Waals surface area contributed by atoms with Crippen molar-refractivity contribution < 1.29 is 14.5 Å². The minimum atomic E-state index is -0.500. The first-order valence-electron chi connectivity index (χ1n) is 8.06. The summed E-state index contributed by atoms with van der Waals surface area (Å²) < 4.78 is 3.70. The van der Waals surface area contributed by atoms with Crippen molar-refractivity contribution in [3.05, 3.63) is 57.0 Å². The van der Waals surface area contributed by atoms with Crippen LogP contribution in [0.2, 0.25) is 0 Å². The number of hydrazone groups is 1. The number of amides is 1. The van der Waals surface area contributed by atoms with E-state index >= 15 is 0 Å². The average molecular weight is 370 g/mol. The van der Waals surface area contributed by atoms with Crippen molar-refractivity contribution >= 4 is 22.8 Å². The average Bonchev–Trinajstić information content (AvgIpc) is 3.07. The third-order valence-electron chi connectivity index (χ3n) is 4.22. The zero-order valence-corrected chi connectivity index (χ0v) is 15.0. The van der Waals surface area contributed by atoms with E-state index in [0.717, 1.165) is 4.57 Å². The van der Waals surface area contributed by atoms with Crippen molar-refractivity contribution in [1.82, 2.24) is 19.5 Å². The number of hydrogen-bond acceptors (Lipinski definition) is 5. The number of carbonyl (C=O) groups is 1. The van der Waals surface area contributed by atoms with Crippen molar-refractivity contribution in [3.8, 4) is 5.75 Å². The minimum Gasteiger partial charge on any atom is -0.872 e. The quantitative estimate of drug-likeness (QED) is 0.328. The maximum absolute atomic E-state index is 12.4. The van der Waals surface area contributed by atoms with Gasteiger partial charge in [-0.2, -0.15) is 5.10 Å². The van der Waals surface area contributed by atoms with Gasteiger partial charge in [0, 0.05) is 14.1 Å². The van der Waals surface area contributed by atoms with E-state index in [1.807, 2.05) is 0 Å². The number of nitrogens with one attached hydrogen (secondary N) is 2. The summed E-state index contributed by atoms with van der Waals surface area (Å²) >= 11 is 0. The van der Waals surface area contributed by atoms with Gasteiger partial charge in [0.1, 0.15) is 0 Å². The fourth-order valence-corrected chi connectivity index (χ4v) is 2.68. The van der Waals surface area contributed by atoms with Crippen LogP contribution in [0.15, 0.2) is 45.3 Å². The van der Waals surface area contributed by atoms with Crippen LogP contribution >= 0.6 is 0 Å². The number of benzene rings is 1. The Kier molecular flexibility index (Phi) is 4.63. The van der Waals surface area contributed by atoms with Crippen LogP contribution in [0.3, 0.4) is 0 Å². The number of aryl methyl sites for hydroxylation is 1. The highest BCUT2D eigenvalue weighted by Crippen LogP contribution is 2.07. The molecule has 0 atom stereocenters. The van der Waals surface area contributed by atoms with E-state index in [0.29, 0.717) is 16.9 Å². The lowest BCUT2D eigenvalue weighted by molar-refractivity contribution is -0.659. The Morgan fingerprint density at radius 2 is 1.89 bits per heavy atom. The number of fused-ring (bicyclic) bond motifs is 1. The largest absolute Gasteiger partial charge is 0.872 e. The SMILES string of the molecule is C/C(=N\NC(=O)C[n+]1c[nH]c2c1c(=O)n(C)c(=O)n2C)c1ccc([O-])cc1. The summed E-state index contributed by atoms with van der Waals surface area (Å²) in [6.45, 7) is 1.54. The normalized spacial score (nSPS) is 11.7. The van der Waals surface area contributed by atoms with Gasteiger partial charge in [0.2, 0.25) is 6.33 Å². The van der Waals surface area contributed by atoms with Gasteiger partial charge in [0.05, 0.1) is 5.71 Å². The van der Waals surface area contributed by atoms with Crippen LogP contribution in [0, 0.1) is 0 Å². The van der Waals surface area contributed by atoms with Gasteiger partial charge in [0.25, 0.3) is 17.1 Å². The van der Waals surface area contributed by atoms with Crippen LogP contribution < -0.4 is 26.3 Å². The van der Waals surface area contributed by atoms with E-state index in [1.54, 1.807) is 19.1 Å². The molecule has 0 bridgehead atoms. The van der Waals surface area contributed by atoms with Crippen molar-refractivity contribution in [3.63, 3.8) is 0 Å². The summed E-state index contributed by atoms with van der Waals surface area (Å²) in [6.07, 6.45) is 1.45. The van der Waals surface area contributed by atoms with Gasteiger partial charge in [-0.1, -0.05) is 24.3 Å². The molecule has 2 heterocycles. The van der Waals surface area contributed by atoms with E-state index in [4.69, 9.17) is 0 Å². The molecule has 140 valence electrons. The first-order chi connectivity index (χ1) is 12.8. The van der Waals surface area contributed by atoms with Crippen LogP contribution in [-0.4, -0.2) is 25.7 Å². The number of aromatic amines is 1. The van der Waals surface area contributed by atoms with Gasteiger partial charge in [-0.05, 0) is 12.5 Å². The second-order valence-corrected chi connectivity index (χ2v) is 6.06. The molecule has 10 nitrogen and oxygen atoms in total. The summed E-state index contributed by atoms with van der Waals surface area (Å²) in [4.78, 5) is 39.4. The number of rotatable bonds is 4. The monoisotopic (exact) mass is 370 g/mol. The predicted octanol–water partition coefficient (Wildman–Crippen LogP) is -1.53. The molecule has 0 saturated carbocycles. The zero-order valence-electron chi connectivity index (χ0n) is 15.0. The van der Waals surface area contributed by atoms with Gasteiger partial charge >= 0.3 is 11.2 Å². The predicted molar refractivity (Wildman–Crippen MR) is 95.2 cm³/mol. The highest BCUT2D eigenvalue weighted by molar-refractivity contribution is 5.99. The maximum atomic E-state index is 12.4. The highest BCUT2D eigenvalue weighted by Gasteiger charge is 2.21. The summed E-state index contributed by atoms with van der Waals surface area (Å²) in [6, 6.07) is 6.06. The Morgan fingerprint density at radius 1 is 1.22 bits per heavy atom. The molecular formula is C17H18N6O4. The molecule has 1 aromatic carbocycles. The van der Waals surface area contributed by atoms with E-state index in [2.05, 4.69) is 15.5 Å². The molecule has 0 aliphatic heterocycles. The second-order valence-electron chi connectivity index (χ2n) is 6.06. The molecule has 0 aliphatic rings. The van der Waals surface area contributed by atoms with Crippen LogP contribution in [0.4, 0.5) is 0 Å². The first kappa shape index (κ1) is 18.1. The molecule has 0 aliphatic carbocycles. The zero-order chi connectivity index (χ0) is 19.7. The number of H-pyrrole nitrogens is 1. The number of imidazole rings is 1. The summed E-state index contributed by atoms with van der Waals surface area (Å²) in [5.74, 6) is -0.557. The van der Waals surface area contributed by atoms with Crippen LogP contribution in [-0.2, 0) is 25.4 Å². The van der Waals surface area contributed by atoms with Crippen molar-refractivity contribution in [2.24, 2.45) is 19.2 Å². The van der Waals surface area contributed by atoms with Gasteiger partial charge < -0.3 is 5.11 Å². The van der Waals surface area contributed by atoms with Crippen molar-refractivity contribution in [2.45, 2.75) is 13.5 Å². The number of carbonyl (C=O) groups excluding carboxylic acids is 1. The third kappa shape index (κ3) is 3.36. The van der Waals surface area contributed by atoms with E-state index in [9.17, 15) is 19.5 Å². The fourth-order valence-electron chi connectivity index (χ4n) is 2.68. The smallest absolute Gasteiger partial charge is 0.333 e.